The summed E-state index contributed by atoms with van der Waals surface area (Å²) in [5.74, 6) is -0.960. The Labute approximate surface area is 101 Å². The fourth-order valence-electron chi connectivity index (χ4n) is 1.68. The van der Waals surface area contributed by atoms with Crippen molar-refractivity contribution >= 4 is 5.97 Å². The molecule has 0 aliphatic rings. The number of aromatic carboxylic acids is 1. The third-order valence-corrected chi connectivity index (χ3v) is 2.65. The van der Waals surface area contributed by atoms with Crippen LogP contribution in [-0.4, -0.2) is 21.2 Å². The number of hydrogen-bond acceptors (Lipinski definition) is 4. The summed E-state index contributed by atoms with van der Waals surface area (Å²) >= 11 is 0. The third-order valence-electron chi connectivity index (χ3n) is 2.65. The van der Waals surface area contributed by atoms with Crippen molar-refractivity contribution in [3.05, 3.63) is 11.7 Å². The van der Waals surface area contributed by atoms with E-state index < -0.39 is 5.97 Å². The van der Waals surface area contributed by atoms with Crippen LogP contribution >= 0.6 is 0 Å². The summed E-state index contributed by atoms with van der Waals surface area (Å²) < 4.78 is 4.83. The van der Waals surface area contributed by atoms with Gasteiger partial charge in [-0.2, -0.15) is 4.98 Å². The number of aryl methyl sites for hydroxylation is 1. The van der Waals surface area contributed by atoms with Gasteiger partial charge in [0.1, 0.15) is 0 Å². The highest BCUT2D eigenvalue weighted by atomic mass is 16.5. The van der Waals surface area contributed by atoms with Crippen molar-refractivity contribution in [3.8, 4) is 0 Å². The van der Waals surface area contributed by atoms with Crippen molar-refractivity contribution in [2.45, 2.75) is 58.3 Å². The number of carbonyl (C=O) groups is 1. The first-order valence-electron chi connectivity index (χ1n) is 6.30. The molecule has 1 rings (SSSR count). The molecule has 0 fully saturated rings. The van der Waals surface area contributed by atoms with Gasteiger partial charge in [0.05, 0.1) is 0 Å². The van der Waals surface area contributed by atoms with Gasteiger partial charge in [0.2, 0.25) is 5.89 Å². The van der Waals surface area contributed by atoms with Crippen molar-refractivity contribution in [2.24, 2.45) is 0 Å². The molecule has 0 amide bonds. The maximum absolute atomic E-state index is 10.5. The molecule has 0 bridgehead atoms. The van der Waals surface area contributed by atoms with E-state index >= 15 is 0 Å². The minimum atomic E-state index is -1.14. The number of hydrogen-bond donors (Lipinski definition) is 1. The highest BCUT2D eigenvalue weighted by Crippen LogP contribution is 2.09. The van der Waals surface area contributed by atoms with Crippen LogP contribution in [0.25, 0.3) is 0 Å². The van der Waals surface area contributed by atoms with Gasteiger partial charge in [0.15, 0.2) is 0 Å². The number of rotatable bonds is 9. The van der Waals surface area contributed by atoms with Crippen LogP contribution in [-0.2, 0) is 6.42 Å². The van der Waals surface area contributed by atoms with Crippen molar-refractivity contribution < 1.29 is 14.4 Å². The Morgan fingerprint density at radius 1 is 1.18 bits per heavy atom. The molecule has 1 aromatic rings. The Bertz CT molecular complexity index is 336. The summed E-state index contributed by atoms with van der Waals surface area (Å²) in [6.45, 7) is 2.20. The lowest BCUT2D eigenvalue weighted by molar-refractivity contribution is 0.0680. The van der Waals surface area contributed by atoms with Crippen molar-refractivity contribution in [1.29, 1.82) is 0 Å². The van der Waals surface area contributed by atoms with Gasteiger partial charge in [0.25, 0.3) is 5.82 Å². The van der Waals surface area contributed by atoms with Gasteiger partial charge in [-0.05, 0) is 11.6 Å². The molecule has 0 saturated carbocycles. The first-order valence-corrected chi connectivity index (χ1v) is 6.30. The Balaban J connectivity index is 2.07. The van der Waals surface area contributed by atoms with Crippen LogP contribution in [0, 0.1) is 0 Å². The lowest BCUT2D eigenvalue weighted by Gasteiger charge is -1.98. The average molecular weight is 240 g/mol. The van der Waals surface area contributed by atoms with Gasteiger partial charge in [-0.1, -0.05) is 45.4 Å². The van der Waals surface area contributed by atoms with Crippen LogP contribution in [0.2, 0.25) is 0 Å². The molecule has 1 heterocycles. The Kier molecular flexibility index (Phi) is 6.29. The Hall–Kier alpha value is -1.39. The number of nitrogens with zero attached hydrogens (tertiary/aromatic N) is 2. The second-order valence-corrected chi connectivity index (χ2v) is 4.19. The molecule has 0 radical (unpaired) electrons. The van der Waals surface area contributed by atoms with E-state index in [4.69, 9.17) is 9.63 Å². The summed E-state index contributed by atoms with van der Waals surface area (Å²) in [5.41, 5.74) is 0. The maximum atomic E-state index is 10.5. The van der Waals surface area contributed by atoms with Crippen LogP contribution in [0.3, 0.4) is 0 Å². The van der Waals surface area contributed by atoms with Gasteiger partial charge in [-0.3, -0.25) is 0 Å². The topological polar surface area (TPSA) is 76.2 Å². The van der Waals surface area contributed by atoms with E-state index in [0.717, 1.165) is 12.8 Å². The second-order valence-electron chi connectivity index (χ2n) is 4.19. The molecule has 96 valence electrons. The molecule has 0 atom stereocenters. The first kappa shape index (κ1) is 13.7. The molecule has 0 aliphatic heterocycles. The van der Waals surface area contributed by atoms with Crippen molar-refractivity contribution in [3.63, 3.8) is 0 Å². The summed E-state index contributed by atoms with van der Waals surface area (Å²) in [6, 6.07) is 0. The summed E-state index contributed by atoms with van der Waals surface area (Å²) in [4.78, 5) is 14.3. The molecule has 0 spiro atoms. The fraction of sp³-hybridized carbons (Fsp3) is 0.750. The van der Waals surface area contributed by atoms with Gasteiger partial charge in [-0.25, -0.2) is 4.79 Å². The number of unbranched alkanes of at least 4 members (excludes halogenated alkanes) is 6. The number of carboxylic acid groups (broad SMARTS) is 1. The van der Waals surface area contributed by atoms with E-state index in [1.165, 1.54) is 32.1 Å². The number of carboxylic acids is 1. The molecule has 17 heavy (non-hydrogen) atoms. The van der Waals surface area contributed by atoms with E-state index in [2.05, 4.69) is 17.1 Å². The molecule has 0 aromatic carbocycles. The molecule has 0 unspecified atom stereocenters. The zero-order valence-corrected chi connectivity index (χ0v) is 10.3. The Morgan fingerprint density at radius 3 is 2.41 bits per heavy atom. The standard InChI is InChI=1S/C12H20N2O3/c1-2-3-4-5-6-7-8-9-10-13-11(12(15)16)14-17-10/h2-9H2,1H3,(H,15,16). The van der Waals surface area contributed by atoms with Crippen molar-refractivity contribution in [2.75, 3.05) is 0 Å². The normalized spacial score (nSPS) is 10.6. The van der Waals surface area contributed by atoms with E-state index in [1.54, 1.807) is 0 Å². The highest BCUT2D eigenvalue weighted by molar-refractivity contribution is 5.82. The van der Waals surface area contributed by atoms with Crippen LogP contribution < -0.4 is 0 Å². The van der Waals surface area contributed by atoms with E-state index in [-0.39, 0.29) is 5.82 Å². The summed E-state index contributed by atoms with van der Waals surface area (Å²) in [6.07, 6.45) is 9.17. The first-order chi connectivity index (χ1) is 8.24. The van der Waals surface area contributed by atoms with Crippen LogP contribution in [0.4, 0.5) is 0 Å². The summed E-state index contributed by atoms with van der Waals surface area (Å²) in [7, 11) is 0. The molecule has 5 nitrogen and oxygen atoms in total. The molecule has 5 heteroatoms. The van der Waals surface area contributed by atoms with E-state index in [0.29, 0.717) is 12.3 Å². The van der Waals surface area contributed by atoms with E-state index in [1.807, 2.05) is 0 Å². The smallest absolute Gasteiger partial charge is 0.377 e. The third kappa shape index (κ3) is 5.47. The maximum Gasteiger partial charge on any atom is 0.377 e. The second kappa shape index (κ2) is 7.81. The van der Waals surface area contributed by atoms with Gasteiger partial charge in [0, 0.05) is 6.42 Å². The quantitative estimate of drug-likeness (QED) is 0.671. The molecule has 0 saturated heterocycles. The lowest BCUT2D eigenvalue weighted by Crippen LogP contribution is -1.98. The minimum absolute atomic E-state index is 0.247. The molecule has 1 N–H and O–H groups in total. The lowest BCUT2D eigenvalue weighted by atomic mass is 10.1. The zero-order valence-electron chi connectivity index (χ0n) is 10.3. The summed E-state index contributed by atoms with van der Waals surface area (Å²) in [5, 5.41) is 12.0. The molecular formula is C12H20N2O3. The fourth-order valence-corrected chi connectivity index (χ4v) is 1.68. The minimum Gasteiger partial charge on any atom is -0.475 e. The SMILES string of the molecule is CCCCCCCCCc1nc(C(=O)O)no1. The molecule has 1 aromatic heterocycles. The average Bonchev–Trinajstić information content (AvgIpc) is 2.77. The van der Waals surface area contributed by atoms with Crippen LogP contribution in [0.15, 0.2) is 4.52 Å². The van der Waals surface area contributed by atoms with Crippen LogP contribution in [0.1, 0.15) is 68.4 Å². The predicted molar refractivity (Wildman–Crippen MR) is 63.0 cm³/mol. The largest absolute Gasteiger partial charge is 0.475 e. The van der Waals surface area contributed by atoms with Gasteiger partial charge < -0.3 is 9.63 Å². The van der Waals surface area contributed by atoms with E-state index in [9.17, 15) is 4.79 Å². The van der Waals surface area contributed by atoms with Gasteiger partial charge >= 0.3 is 5.97 Å². The highest BCUT2D eigenvalue weighted by Gasteiger charge is 2.11. The zero-order chi connectivity index (χ0) is 12.5. The van der Waals surface area contributed by atoms with Crippen LogP contribution in [0.5, 0.6) is 0 Å². The molecule has 0 aliphatic carbocycles. The molecular weight excluding hydrogens is 220 g/mol. The predicted octanol–water partition coefficient (Wildman–Crippen LogP) is 3.06. The van der Waals surface area contributed by atoms with Crippen molar-refractivity contribution in [1.82, 2.24) is 10.1 Å². The Morgan fingerprint density at radius 2 is 1.82 bits per heavy atom. The monoisotopic (exact) mass is 240 g/mol. The number of aromatic nitrogens is 2. The van der Waals surface area contributed by atoms with Gasteiger partial charge in [-0.15, -0.1) is 0 Å².